The second kappa shape index (κ2) is 6.12. The summed E-state index contributed by atoms with van der Waals surface area (Å²) in [4.78, 5) is 23.1. The smallest absolute Gasteiger partial charge is 0.235 e. The van der Waals surface area contributed by atoms with Crippen molar-refractivity contribution in [1.29, 1.82) is 0 Å². The average molecular weight is 295 g/mol. The molecule has 21 heavy (non-hydrogen) atoms. The molecule has 0 aliphatic heterocycles. The zero-order chi connectivity index (χ0) is 15.4. The molecule has 2 aromatic rings. The minimum Gasteiger partial charge on any atom is -0.360 e. The molecule has 0 atom stereocenters. The Hall–Kier alpha value is -2.77. The van der Waals surface area contributed by atoms with E-state index in [9.17, 15) is 18.4 Å². The van der Waals surface area contributed by atoms with E-state index in [0.29, 0.717) is 5.76 Å². The van der Waals surface area contributed by atoms with Crippen molar-refractivity contribution in [2.75, 3.05) is 10.6 Å². The number of carbonyl (C=O) groups excluding carboxylic acids is 2. The lowest BCUT2D eigenvalue weighted by atomic mass is 10.3. The second-order valence-electron chi connectivity index (χ2n) is 4.22. The van der Waals surface area contributed by atoms with Crippen molar-refractivity contribution in [3.63, 3.8) is 0 Å². The highest BCUT2D eigenvalue weighted by molar-refractivity contribution is 6.07. The zero-order valence-corrected chi connectivity index (χ0v) is 10.9. The highest BCUT2D eigenvalue weighted by Gasteiger charge is 2.12. The largest absolute Gasteiger partial charge is 0.360 e. The van der Waals surface area contributed by atoms with Crippen molar-refractivity contribution >= 4 is 23.3 Å². The summed E-state index contributed by atoms with van der Waals surface area (Å²) < 4.78 is 30.4. The molecule has 1 aromatic heterocycles. The Morgan fingerprint density at radius 2 is 1.86 bits per heavy atom. The Kier molecular flexibility index (Phi) is 4.27. The lowest BCUT2D eigenvalue weighted by Gasteiger charge is -2.05. The first kappa shape index (κ1) is 14.6. The van der Waals surface area contributed by atoms with Gasteiger partial charge in [-0.1, -0.05) is 5.16 Å². The van der Waals surface area contributed by atoms with Crippen LogP contribution in [0.4, 0.5) is 20.3 Å². The summed E-state index contributed by atoms with van der Waals surface area (Å²) in [5.41, 5.74) is 0.0592. The van der Waals surface area contributed by atoms with Crippen molar-refractivity contribution in [2.24, 2.45) is 0 Å². The molecule has 2 N–H and O–H groups in total. The van der Waals surface area contributed by atoms with Crippen molar-refractivity contribution < 1.29 is 22.9 Å². The third kappa shape index (κ3) is 4.10. The highest BCUT2D eigenvalue weighted by atomic mass is 19.2. The Morgan fingerprint density at radius 1 is 1.14 bits per heavy atom. The first-order chi connectivity index (χ1) is 9.94. The molecule has 2 amide bonds. The molecule has 0 saturated heterocycles. The number of anilines is 2. The van der Waals surface area contributed by atoms with Gasteiger partial charge in [-0.25, -0.2) is 8.78 Å². The number of carbonyl (C=O) groups is 2. The average Bonchev–Trinajstić information content (AvgIpc) is 2.79. The fourth-order valence-corrected chi connectivity index (χ4v) is 1.54. The van der Waals surface area contributed by atoms with Gasteiger partial charge in [0.1, 0.15) is 12.2 Å². The van der Waals surface area contributed by atoms with Crippen LogP contribution in [0.5, 0.6) is 0 Å². The molecule has 1 heterocycles. The number of hydrogen-bond donors (Lipinski definition) is 2. The number of aromatic nitrogens is 1. The molecule has 0 bridgehead atoms. The topological polar surface area (TPSA) is 84.2 Å². The van der Waals surface area contributed by atoms with E-state index in [4.69, 9.17) is 4.52 Å². The number of hydrogen-bond acceptors (Lipinski definition) is 4. The Balaban J connectivity index is 1.89. The molecule has 6 nitrogen and oxygen atoms in total. The first-order valence-corrected chi connectivity index (χ1v) is 5.92. The lowest BCUT2D eigenvalue weighted by molar-refractivity contribution is -0.123. The predicted molar refractivity (Wildman–Crippen MR) is 69.5 cm³/mol. The minimum atomic E-state index is -1.09. The molecule has 0 saturated carbocycles. The van der Waals surface area contributed by atoms with Crippen LogP contribution in [0.2, 0.25) is 0 Å². The zero-order valence-electron chi connectivity index (χ0n) is 10.9. The third-order valence-electron chi connectivity index (χ3n) is 2.42. The van der Waals surface area contributed by atoms with Gasteiger partial charge in [-0.3, -0.25) is 9.59 Å². The summed E-state index contributed by atoms with van der Waals surface area (Å²) in [5.74, 6) is -2.68. The molecular formula is C13H11F2N3O3. The summed E-state index contributed by atoms with van der Waals surface area (Å²) in [5, 5.41) is 8.18. The molecule has 110 valence electrons. The van der Waals surface area contributed by atoms with Gasteiger partial charge in [-0.05, 0) is 19.1 Å². The first-order valence-electron chi connectivity index (χ1n) is 5.92. The van der Waals surface area contributed by atoms with Gasteiger partial charge in [0.15, 0.2) is 17.5 Å². The molecule has 0 aliphatic rings. The van der Waals surface area contributed by atoms with Crippen molar-refractivity contribution in [2.45, 2.75) is 13.3 Å². The van der Waals surface area contributed by atoms with Gasteiger partial charge < -0.3 is 15.2 Å². The molecular weight excluding hydrogens is 284 g/mol. The van der Waals surface area contributed by atoms with Gasteiger partial charge in [-0.2, -0.15) is 0 Å². The maximum absolute atomic E-state index is 13.0. The number of benzene rings is 1. The van der Waals surface area contributed by atoms with Crippen LogP contribution in [0.1, 0.15) is 12.2 Å². The maximum Gasteiger partial charge on any atom is 0.235 e. The minimum absolute atomic E-state index is 0.0592. The fraction of sp³-hybridized carbons (Fsp3) is 0.154. The maximum atomic E-state index is 13.0. The van der Waals surface area contributed by atoms with E-state index >= 15 is 0 Å². The number of nitrogens with one attached hydrogen (secondary N) is 2. The van der Waals surface area contributed by atoms with E-state index < -0.39 is 29.9 Å². The molecule has 2 rings (SSSR count). The van der Waals surface area contributed by atoms with Crippen molar-refractivity contribution in [1.82, 2.24) is 5.16 Å². The van der Waals surface area contributed by atoms with Gasteiger partial charge in [-0.15, -0.1) is 0 Å². The molecule has 0 radical (unpaired) electrons. The van der Waals surface area contributed by atoms with E-state index in [0.717, 1.165) is 12.1 Å². The van der Waals surface area contributed by atoms with Crippen LogP contribution >= 0.6 is 0 Å². The van der Waals surface area contributed by atoms with E-state index in [-0.39, 0.29) is 11.5 Å². The fourth-order valence-electron chi connectivity index (χ4n) is 1.54. The summed E-state index contributed by atoms with van der Waals surface area (Å²) in [6, 6.07) is 4.38. The third-order valence-corrected chi connectivity index (χ3v) is 2.42. The summed E-state index contributed by atoms with van der Waals surface area (Å²) in [6.45, 7) is 1.65. The quantitative estimate of drug-likeness (QED) is 0.847. The number of nitrogens with zero attached hydrogens (tertiary/aromatic N) is 1. The molecule has 1 aromatic carbocycles. The van der Waals surface area contributed by atoms with Gasteiger partial charge in [0, 0.05) is 17.8 Å². The molecule has 0 unspecified atom stereocenters. The van der Waals surface area contributed by atoms with Crippen LogP contribution in [-0.4, -0.2) is 17.0 Å². The number of rotatable bonds is 4. The van der Waals surface area contributed by atoms with Crippen LogP contribution in [0.25, 0.3) is 0 Å². The van der Waals surface area contributed by atoms with E-state index in [1.165, 1.54) is 12.1 Å². The van der Waals surface area contributed by atoms with Crippen molar-refractivity contribution in [3.05, 3.63) is 41.7 Å². The van der Waals surface area contributed by atoms with Crippen LogP contribution < -0.4 is 10.6 Å². The van der Waals surface area contributed by atoms with Crippen LogP contribution in [0.3, 0.4) is 0 Å². The summed E-state index contributed by atoms with van der Waals surface area (Å²) in [7, 11) is 0. The number of amides is 2. The Labute approximate surface area is 118 Å². The lowest BCUT2D eigenvalue weighted by Crippen LogP contribution is -2.21. The highest BCUT2D eigenvalue weighted by Crippen LogP contribution is 2.13. The van der Waals surface area contributed by atoms with Crippen LogP contribution in [-0.2, 0) is 9.59 Å². The van der Waals surface area contributed by atoms with Gasteiger partial charge in [0.25, 0.3) is 0 Å². The molecule has 8 heteroatoms. The number of halogens is 2. The normalized spacial score (nSPS) is 10.2. The monoisotopic (exact) mass is 295 g/mol. The van der Waals surface area contributed by atoms with E-state index in [2.05, 4.69) is 15.8 Å². The Morgan fingerprint density at radius 3 is 2.48 bits per heavy atom. The molecule has 0 spiro atoms. The van der Waals surface area contributed by atoms with Gasteiger partial charge in [0.2, 0.25) is 11.8 Å². The second-order valence-corrected chi connectivity index (χ2v) is 4.22. The standard InChI is InChI=1S/C13H11F2N3O3/c1-7-4-11(18-21-7)17-13(20)6-12(19)16-8-2-3-9(14)10(15)5-8/h2-5H,6H2,1H3,(H,16,19)(H,17,18,20). The van der Waals surface area contributed by atoms with E-state index in [1.54, 1.807) is 6.92 Å². The van der Waals surface area contributed by atoms with Crippen molar-refractivity contribution in [3.8, 4) is 0 Å². The predicted octanol–water partition coefficient (Wildman–Crippen LogP) is 2.23. The van der Waals surface area contributed by atoms with Gasteiger partial charge >= 0.3 is 0 Å². The SMILES string of the molecule is Cc1cc(NC(=O)CC(=O)Nc2ccc(F)c(F)c2)no1. The van der Waals surface area contributed by atoms with E-state index in [1.807, 2.05) is 0 Å². The van der Waals surface area contributed by atoms with Gasteiger partial charge in [0.05, 0.1) is 0 Å². The summed E-state index contributed by atoms with van der Waals surface area (Å²) in [6.07, 6.45) is -0.495. The summed E-state index contributed by atoms with van der Waals surface area (Å²) >= 11 is 0. The number of aryl methyl sites for hydroxylation is 1. The van der Waals surface area contributed by atoms with Crippen LogP contribution in [0.15, 0.2) is 28.8 Å². The Bertz CT molecular complexity index is 685. The molecule has 0 fully saturated rings. The molecule has 0 aliphatic carbocycles. The van der Waals surface area contributed by atoms with Crippen LogP contribution in [0, 0.1) is 18.6 Å².